The number of carbonyl (C=O) groups excluding carboxylic acids is 1. The van der Waals surface area contributed by atoms with Gasteiger partial charge in [0.1, 0.15) is 17.3 Å². The van der Waals surface area contributed by atoms with Gasteiger partial charge in [-0.15, -0.1) is 0 Å². The second kappa shape index (κ2) is 7.46. The molecule has 3 aromatic rings. The fourth-order valence-corrected chi connectivity index (χ4v) is 2.36. The van der Waals surface area contributed by atoms with Crippen molar-refractivity contribution in [1.29, 1.82) is 0 Å². The van der Waals surface area contributed by atoms with Crippen LogP contribution in [0.4, 0.5) is 21.6 Å². The van der Waals surface area contributed by atoms with Crippen molar-refractivity contribution in [3.05, 3.63) is 76.4 Å². The predicted molar refractivity (Wildman–Crippen MR) is 96.1 cm³/mol. The maximum absolute atomic E-state index is 13.1. The molecule has 0 saturated heterocycles. The highest BCUT2D eigenvalue weighted by atomic mass is 35.5. The highest BCUT2D eigenvalue weighted by molar-refractivity contribution is 6.31. The van der Waals surface area contributed by atoms with Crippen LogP contribution in [0, 0.1) is 5.82 Å². The van der Waals surface area contributed by atoms with Crippen molar-refractivity contribution in [2.24, 2.45) is 0 Å². The van der Waals surface area contributed by atoms with Gasteiger partial charge < -0.3 is 10.6 Å². The molecule has 1 amide bonds. The first-order valence-electron chi connectivity index (χ1n) is 7.12. The molecule has 8 heteroatoms. The largest absolute Gasteiger partial charge is 0.339 e. The van der Waals surface area contributed by atoms with Crippen molar-refractivity contribution < 1.29 is 9.18 Å². The number of amides is 1. The van der Waals surface area contributed by atoms with Gasteiger partial charge in [-0.2, -0.15) is 0 Å². The molecule has 0 radical (unpaired) electrons. The summed E-state index contributed by atoms with van der Waals surface area (Å²) >= 11 is 11.6. The van der Waals surface area contributed by atoms with Crippen LogP contribution in [0.2, 0.25) is 10.0 Å². The summed E-state index contributed by atoms with van der Waals surface area (Å²) in [4.78, 5) is 20.3. The van der Waals surface area contributed by atoms with Gasteiger partial charge in [0.2, 0.25) is 0 Å². The van der Waals surface area contributed by atoms with E-state index in [0.717, 1.165) is 0 Å². The van der Waals surface area contributed by atoms with Gasteiger partial charge in [-0.3, -0.25) is 4.79 Å². The molecule has 126 valence electrons. The number of benzene rings is 2. The maximum Gasteiger partial charge on any atom is 0.275 e. The molecule has 5 nitrogen and oxygen atoms in total. The van der Waals surface area contributed by atoms with Gasteiger partial charge in [-0.05, 0) is 36.4 Å². The standard InChI is InChI=1S/C17H11Cl2FN4O/c18-10-2-1-3-11(6-10)24-17(25)15-8-22-16(9-21-15)23-12-4-5-14(20)13(19)7-12/h1-9H,(H,22,23)(H,24,25). The number of halogens is 3. The van der Waals surface area contributed by atoms with Gasteiger partial charge in [0, 0.05) is 16.4 Å². The van der Waals surface area contributed by atoms with E-state index in [-0.39, 0.29) is 10.7 Å². The van der Waals surface area contributed by atoms with E-state index in [4.69, 9.17) is 23.2 Å². The normalized spacial score (nSPS) is 10.4. The Kier molecular flexibility index (Phi) is 5.11. The minimum atomic E-state index is -0.508. The highest BCUT2D eigenvalue weighted by Gasteiger charge is 2.09. The first kappa shape index (κ1) is 17.1. The molecular formula is C17H11Cl2FN4O. The molecule has 0 aliphatic rings. The Morgan fingerprint density at radius 3 is 2.52 bits per heavy atom. The van der Waals surface area contributed by atoms with E-state index in [0.29, 0.717) is 22.2 Å². The second-order valence-electron chi connectivity index (χ2n) is 5.01. The number of nitrogens with zero attached hydrogens (tertiary/aromatic N) is 2. The third-order valence-corrected chi connectivity index (χ3v) is 3.68. The van der Waals surface area contributed by atoms with E-state index < -0.39 is 11.7 Å². The Morgan fingerprint density at radius 1 is 1.00 bits per heavy atom. The number of anilines is 3. The van der Waals surface area contributed by atoms with Gasteiger partial charge >= 0.3 is 0 Å². The fourth-order valence-electron chi connectivity index (χ4n) is 1.99. The van der Waals surface area contributed by atoms with Crippen molar-refractivity contribution in [1.82, 2.24) is 9.97 Å². The lowest BCUT2D eigenvalue weighted by Gasteiger charge is -2.07. The van der Waals surface area contributed by atoms with Crippen LogP contribution < -0.4 is 10.6 Å². The molecule has 2 N–H and O–H groups in total. The lowest BCUT2D eigenvalue weighted by Crippen LogP contribution is -2.14. The van der Waals surface area contributed by atoms with Crippen LogP contribution in [0.5, 0.6) is 0 Å². The summed E-state index contributed by atoms with van der Waals surface area (Å²) in [6, 6.07) is 11.0. The number of hydrogen-bond acceptors (Lipinski definition) is 4. The van der Waals surface area contributed by atoms with Crippen LogP contribution in [0.25, 0.3) is 0 Å². The summed E-state index contributed by atoms with van der Waals surface area (Å²) in [5, 5.41) is 6.11. The van der Waals surface area contributed by atoms with Crippen LogP contribution >= 0.6 is 23.2 Å². The Labute approximate surface area is 152 Å². The molecule has 0 aliphatic carbocycles. The highest BCUT2D eigenvalue weighted by Crippen LogP contribution is 2.21. The van der Waals surface area contributed by atoms with Crippen molar-refractivity contribution in [2.45, 2.75) is 0 Å². The van der Waals surface area contributed by atoms with E-state index in [1.165, 1.54) is 30.6 Å². The molecule has 0 spiro atoms. The molecule has 25 heavy (non-hydrogen) atoms. The van der Waals surface area contributed by atoms with Crippen LogP contribution in [-0.2, 0) is 0 Å². The van der Waals surface area contributed by atoms with E-state index >= 15 is 0 Å². The molecule has 0 bridgehead atoms. The molecular weight excluding hydrogens is 366 g/mol. The molecule has 0 aliphatic heterocycles. The predicted octanol–water partition coefficient (Wildman–Crippen LogP) is 4.92. The quantitative estimate of drug-likeness (QED) is 0.678. The summed E-state index contributed by atoms with van der Waals surface area (Å²) in [5.74, 6) is -0.528. The fraction of sp³-hybridized carbons (Fsp3) is 0. The third-order valence-electron chi connectivity index (χ3n) is 3.16. The molecule has 1 aromatic heterocycles. The van der Waals surface area contributed by atoms with Gasteiger partial charge in [0.15, 0.2) is 0 Å². The van der Waals surface area contributed by atoms with Crippen LogP contribution in [-0.4, -0.2) is 15.9 Å². The van der Waals surface area contributed by atoms with E-state index in [1.807, 2.05) is 0 Å². The zero-order valence-corrected chi connectivity index (χ0v) is 14.1. The average Bonchev–Trinajstić information content (AvgIpc) is 2.59. The van der Waals surface area contributed by atoms with Gasteiger partial charge in [-0.1, -0.05) is 29.3 Å². The van der Waals surface area contributed by atoms with Crippen LogP contribution in [0.3, 0.4) is 0 Å². The minimum Gasteiger partial charge on any atom is -0.339 e. The van der Waals surface area contributed by atoms with Gasteiger partial charge in [0.05, 0.1) is 17.4 Å². The van der Waals surface area contributed by atoms with Gasteiger partial charge in [-0.25, -0.2) is 14.4 Å². The number of aromatic nitrogens is 2. The molecule has 1 heterocycles. The van der Waals surface area contributed by atoms with E-state index in [2.05, 4.69) is 20.6 Å². The van der Waals surface area contributed by atoms with Gasteiger partial charge in [0.25, 0.3) is 5.91 Å². The number of rotatable bonds is 4. The summed E-state index contributed by atoms with van der Waals surface area (Å²) in [6.07, 6.45) is 2.72. The maximum atomic E-state index is 13.1. The molecule has 0 fully saturated rings. The Hall–Kier alpha value is -2.70. The third kappa shape index (κ3) is 4.43. The molecule has 0 atom stereocenters. The Morgan fingerprint density at radius 2 is 1.84 bits per heavy atom. The summed E-state index contributed by atoms with van der Waals surface area (Å²) < 4.78 is 13.1. The first-order valence-corrected chi connectivity index (χ1v) is 7.88. The summed E-state index contributed by atoms with van der Waals surface area (Å²) in [6.45, 7) is 0. The Balaban J connectivity index is 1.69. The van der Waals surface area contributed by atoms with Crippen LogP contribution in [0.1, 0.15) is 10.5 Å². The number of hydrogen-bond donors (Lipinski definition) is 2. The van der Waals surface area contributed by atoms with Crippen molar-refractivity contribution >= 4 is 46.3 Å². The summed E-state index contributed by atoms with van der Waals surface area (Å²) in [5.41, 5.74) is 1.25. The second-order valence-corrected chi connectivity index (χ2v) is 5.85. The number of nitrogens with one attached hydrogen (secondary N) is 2. The molecule has 3 rings (SSSR count). The zero-order valence-electron chi connectivity index (χ0n) is 12.6. The first-order chi connectivity index (χ1) is 12.0. The van der Waals surface area contributed by atoms with E-state index in [1.54, 1.807) is 24.3 Å². The molecule has 0 saturated carbocycles. The minimum absolute atomic E-state index is 0.00419. The SMILES string of the molecule is O=C(Nc1cccc(Cl)c1)c1cnc(Nc2ccc(F)c(Cl)c2)cn1. The van der Waals surface area contributed by atoms with Crippen molar-refractivity contribution in [3.63, 3.8) is 0 Å². The monoisotopic (exact) mass is 376 g/mol. The lowest BCUT2D eigenvalue weighted by molar-refractivity contribution is 0.102. The smallest absolute Gasteiger partial charge is 0.275 e. The van der Waals surface area contributed by atoms with Crippen LogP contribution in [0.15, 0.2) is 54.9 Å². The van der Waals surface area contributed by atoms with E-state index in [9.17, 15) is 9.18 Å². The van der Waals surface area contributed by atoms with Crippen molar-refractivity contribution in [3.8, 4) is 0 Å². The van der Waals surface area contributed by atoms with Crippen molar-refractivity contribution in [2.75, 3.05) is 10.6 Å². The lowest BCUT2D eigenvalue weighted by atomic mass is 10.3. The summed E-state index contributed by atoms with van der Waals surface area (Å²) in [7, 11) is 0. The zero-order chi connectivity index (χ0) is 17.8. The average molecular weight is 377 g/mol. The molecule has 2 aromatic carbocycles. The number of carbonyl (C=O) groups is 1. The topological polar surface area (TPSA) is 66.9 Å². The molecule has 0 unspecified atom stereocenters. The Bertz CT molecular complexity index is 919.